The van der Waals surface area contributed by atoms with E-state index in [0.29, 0.717) is 23.0 Å². The van der Waals surface area contributed by atoms with E-state index in [9.17, 15) is 0 Å². The number of pyridine rings is 1. The van der Waals surface area contributed by atoms with Crippen LogP contribution in [0.3, 0.4) is 0 Å². The Morgan fingerprint density at radius 1 is 1.33 bits per heavy atom. The van der Waals surface area contributed by atoms with E-state index >= 15 is 0 Å². The molecule has 0 atom stereocenters. The van der Waals surface area contributed by atoms with Gasteiger partial charge in [-0.25, -0.2) is 4.98 Å². The van der Waals surface area contributed by atoms with E-state index in [1.54, 1.807) is 31.4 Å². The molecule has 0 aliphatic heterocycles. The molecule has 0 saturated heterocycles. The number of nitriles is 1. The maximum Gasteiger partial charge on any atom is 0.184 e. The number of rotatable bonds is 3. The molecule has 0 fully saturated rings. The van der Waals surface area contributed by atoms with E-state index in [1.807, 2.05) is 24.4 Å². The van der Waals surface area contributed by atoms with Crippen LogP contribution < -0.4 is 15.4 Å². The molecule has 1 aromatic carbocycles. The normalized spacial score (nSPS) is 9.56. The highest BCUT2D eigenvalue weighted by atomic mass is 16.5. The van der Waals surface area contributed by atoms with Crippen LogP contribution in [0.5, 0.6) is 11.5 Å². The van der Waals surface area contributed by atoms with Gasteiger partial charge in [0.25, 0.3) is 0 Å². The van der Waals surface area contributed by atoms with E-state index in [4.69, 9.17) is 15.7 Å². The van der Waals surface area contributed by atoms with Gasteiger partial charge >= 0.3 is 0 Å². The minimum atomic E-state index is 0.388. The lowest BCUT2D eigenvalue weighted by molar-refractivity contribution is 0.483. The van der Waals surface area contributed by atoms with Crippen molar-refractivity contribution in [2.24, 2.45) is 0 Å². The molecular weight excluding hydrogens is 228 g/mol. The SMILES string of the molecule is CN(C#N)c1ccccc1Oc1ccnc(N)c1. The van der Waals surface area contributed by atoms with Gasteiger partial charge < -0.3 is 10.5 Å². The summed E-state index contributed by atoms with van der Waals surface area (Å²) in [5.74, 6) is 1.56. The third-order valence-electron chi connectivity index (χ3n) is 2.36. The lowest BCUT2D eigenvalue weighted by Gasteiger charge is -2.14. The molecule has 1 aromatic heterocycles. The second-order valence-corrected chi connectivity index (χ2v) is 3.65. The molecule has 0 unspecified atom stereocenters. The number of aromatic nitrogens is 1. The Labute approximate surface area is 105 Å². The molecule has 2 aromatic rings. The Morgan fingerprint density at radius 2 is 2.11 bits per heavy atom. The smallest absolute Gasteiger partial charge is 0.184 e. The van der Waals surface area contributed by atoms with Crippen LogP contribution in [0.1, 0.15) is 0 Å². The molecule has 0 amide bonds. The zero-order valence-corrected chi connectivity index (χ0v) is 9.87. The summed E-state index contributed by atoms with van der Waals surface area (Å²) in [6.45, 7) is 0. The number of hydrogen-bond donors (Lipinski definition) is 1. The van der Waals surface area contributed by atoms with E-state index in [0.717, 1.165) is 0 Å². The number of benzene rings is 1. The topological polar surface area (TPSA) is 75.2 Å². The average Bonchev–Trinajstić information content (AvgIpc) is 2.38. The molecule has 0 aliphatic carbocycles. The second-order valence-electron chi connectivity index (χ2n) is 3.65. The first-order chi connectivity index (χ1) is 8.70. The van der Waals surface area contributed by atoms with Gasteiger partial charge in [0, 0.05) is 19.3 Å². The zero-order valence-electron chi connectivity index (χ0n) is 9.87. The summed E-state index contributed by atoms with van der Waals surface area (Å²) in [6, 6.07) is 10.6. The maximum absolute atomic E-state index is 8.91. The van der Waals surface area contributed by atoms with Crippen LogP contribution in [0, 0.1) is 11.5 Å². The molecule has 2 rings (SSSR count). The van der Waals surface area contributed by atoms with Crippen molar-refractivity contribution in [1.29, 1.82) is 5.26 Å². The fraction of sp³-hybridized carbons (Fsp3) is 0.0769. The minimum Gasteiger partial charge on any atom is -0.455 e. The number of para-hydroxylation sites is 2. The summed E-state index contributed by atoms with van der Waals surface area (Å²) in [5.41, 5.74) is 6.27. The van der Waals surface area contributed by atoms with Gasteiger partial charge in [0.2, 0.25) is 0 Å². The van der Waals surface area contributed by atoms with Gasteiger partial charge in [-0.05, 0) is 18.2 Å². The molecule has 0 spiro atoms. The number of anilines is 2. The molecule has 5 heteroatoms. The fourth-order valence-corrected chi connectivity index (χ4v) is 1.49. The van der Waals surface area contributed by atoms with Gasteiger partial charge in [0.15, 0.2) is 11.9 Å². The van der Waals surface area contributed by atoms with Gasteiger partial charge in [-0.15, -0.1) is 0 Å². The van der Waals surface area contributed by atoms with Crippen LogP contribution in [-0.4, -0.2) is 12.0 Å². The first kappa shape index (κ1) is 11.7. The van der Waals surface area contributed by atoms with Crippen molar-refractivity contribution in [3.05, 3.63) is 42.6 Å². The van der Waals surface area contributed by atoms with Crippen LogP contribution in [-0.2, 0) is 0 Å². The number of nitrogens with two attached hydrogens (primary N) is 1. The van der Waals surface area contributed by atoms with Crippen molar-refractivity contribution in [3.63, 3.8) is 0 Å². The summed E-state index contributed by atoms with van der Waals surface area (Å²) in [5, 5.41) is 8.91. The number of nitrogens with zero attached hydrogens (tertiary/aromatic N) is 3. The number of ether oxygens (including phenoxy) is 1. The summed E-state index contributed by atoms with van der Waals surface area (Å²) in [6.07, 6.45) is 3.61. The predicted molar refractivity (Wildman–Crippen MR) is 69.2 cm³/mol. The molecule has 0 aliphatic rings. The standard InChI is InChI=1S/C13H12N4O/c1-17(9-14)11-4-2-3-5-12(11)18-10-6-7-16-13(15)8-10/h2-8H,1H3,(H2,15,16). The second kappa shape index (κ2) is 5.06. The van der Waals surface area contributed by atoms with E-state index in [1.165, 1.54) is 4.90 Å². The van der Waals surface area contributed by atoms with Crippen LogP contribution in [0.25, 0.3) is 0 Å². The van der Waals surface area contributed by atoms with E-state index in [2.05, 4.69) is 4.98 Å². The molecule has 0 saturated carbocycles. The van der Waals surface area contributed by atoms with E-state index in [-0.39, 0.29) is 0 Å². The Hall–Kier alpha value is -2.74. The Morgan fingerprint density at radius 3 is 2.83 bits per heavy atom. The molecular formula is C13H12N4O. The van der Waals surface area contributed by atoms with Gasteiger partial charge in [0.05, 0.1) is 5.69 Å². The molecule has 5 nitrogen and oxygen atoms in total. The Bertz CT molecular complexity index is 592. The summed E-state index contributed by atoms with van der Waals surface area (Å²) in [7, 11) is 1.67. The van der Waals surface area contributed by atoms with Crippen LogP contribution in [0.15, 0.2) is 42.6 Å². The van der Waals surface area contributed by atoms with Crippen molar-refractivity contribution in [3.8, 4) is 17.7 Å². The monoisotopic (exact) mass is 240 g/mol. The predicted octanol–water partition coefficient (Wildman–Crippen LogP) is 2.37. The molecule has 0 bridgehead atoms. The zero-order chi connectivity index (χ0) is 13.0. The van der Waals surface area contributed by atoms with Crippen LogP contribution in [0.2, 0.25) is 0 Å². The highest BCUT2D eigenvalue weighted by Crippen LogP contribution is 2.31. The Kier molecular flexibility index (Phi) is 3.30. The van der Waals surface area contributed by atoms with Gasteiger partial charge in [0.1, 0.15) is 11.6 Å². The minimum absolute atomic E-state index is 0.388. The average molecular weight is 240 g/mol. The van der Waals surface area contributed by atoms with Gasteiger partial charge in [-0.3, -0.25) is 4.90 Å². The third-order valence-corrected chi connectivity index (χ3v) is 2.36. The maximum atomic E-state index is 8.91. The lowest BCUT2D eigenvalue weighted by atomic mass is 10.3. The first-order valence-electron chi connectivity index (χ1n) is 5.32. The summed E-state index contributed by atoms with van der Waals surface area (Å²) in [4.78, 5) is 5.32. The van der Waals surface area contributed by atoms with E-state index < -0.39 is 0 Å². The quantitative estimate of drug-likeness (QED) is 0.658. The van der Waals surface area contributed by atoms with Crippen molar-refractivity contribution >= 4 is 11.5 Å². The van der Waals surface area contributed by atoms with Crippen molar-refractivity contribution in [1.82, 2.24) is 4.98 Å². The highest BCUT2D eigenvalue weighted by Gasteiger charge is 2.08. The molecule has 0 radical (unpaired) electrons. The van der Waals surface area contributed by atoms with Crippen molar-refractivity contribution < 1.29 is 4.74 Å². The van der Waals surface area contributed by atoms with Gasteiger partial charge in [-0.2, -0.15) is 5.26 Å². The number of nitrogen functional groups attached to an aromatic ring is 1. The lowest BCUT2D eigenvalue weighted by Crippen LogP contribution is -2.09. The molecule has 90 valence electrons. The summed E-state index contributed by atoms with van der Waals surface area (Å²) >= 11 is 0. The largest absolute Gasteiger partial charge is 0.455 e. The molecule has 1 heterocycles. The first-order valence-corrected chi connectivity index (χ1v) is 5.32. The Balaban J connectivity index is 2.32. The van der Waals surface area contributed by atoms with Crippen molar-refractivity contribution in [2.45, 2.75) is 0 Å². The molecule has 2 N–H and O–H groups in total. The van der Waals surface area contributed by atoms with Gasteiger partial charge in [-0.1, -0.05) is 12.1 Å². The molecule has 18 heavy (non-hydrogen) atoms. The highest BCUT2D eigenvalue weighted by molar-refractivity contribution is 5.61. The van der Waals surface area contributed by atoms with Crippen LogP contribution >= 0.6 is 0 Å². The van der Waals surface area contributed by atoms with Crippen molar-refractivity contribution in [2.75, 3.05) is 17.7 Å². The van der Waals surface area contributed by atoms with Crippen LogP contribution in [0.4, 0.5) is 11.5 Å². The number of hydrogen-bond acceptors (Lipinski definition) is 5. The fourth-order valence-electron chi connectivity index (χ4n) is 1.49. The third kappa shape index (κ3) is 2.50. The summed E-state index contributed by atoms with van der Waals surface area (Å²) < 4.78 is 5.70.